The quantitative estimate of drug-likeness (QED) is 0.721. The van der Waals surface area contributed by atoms with Gasteiger partial charge in [0.25, 0.3) is 5.89 Å². The van der Waals surface area contributed by atoms with Crippen molar-refractivity contribution in [1.82, 2.24) is 15.5 Å². The van der Waals surface area contributed by atoms with Crippen LogP contribution in [0.1, 0.15) is 5.56 Å². The molecule has 0 aliphatic carbocycles. The van der Waals surface area contributed by atoms with Gasteiger partial charge in [0, 0.05) is 6.54 Å². The van der Waals surface area contributed by atoms with Gasteiger partial charge in [-0.15, -0.1) is 5.10 Å². The Morgan fingerprint density at radius 3 is 2.61 bits per heavy atom. The molecule has 3 aromatic rings. The number of benzene rings is 1. The zero-order chi connectivity index (χ0) is 16.2. The van der Waals surface area contributed by atoms with Gasteiger partial charge in [-0.2, -0.15) is 0 Å². The van der Waals surface area contributed by atoms with Crippen LogP contribution in [0.25, 0.3) is 11.7 Å². The minimum atomic E-state index is -0.523. The molecule has 0 radical (unpaired) electrons. The molecule has 2 aromatic heterocycles. The molecule has 7 nitrogen and oxygen atoms in total. The fourth-order valence-electron chi connectivity index (χ4n) is 1.73. The predicted molar refractivity (Wildman–Crippen MR) is 82.0 cm³/mol. The molecule has 2 amide bonds. The molecular formula is C14H10BrFN4O3. The smallest absolute Gasteiger partial charge is 0.324 e. The Kier molecular flexibility index (Phi) is 4.38. The highest BCUT2D eigenvalue weighted by Crippen LogP contribution is 2.24. The van der Waals surface area contributed by atoms with Gasteiger partial charge in [-0.3, -0.25) is 5.32 Å². The van der Waals surface area contributed by atoms with Crippen molar-refractivity contribution in [3.8, 4) is 11.7 Å². The average molecular weight is 381 g/mol. The van der Waals surface area contributed by atoms with Gasteiger partial charge in [0.2, 0.25) is 0 Å². The zero-order valence-electron chi connectivity index (χ0n) is 11.5. The minimum absolute atomic E-state index is 0.0656. The number of hydrogen-bond donors (Lipinski definition) is 2. The van der Waals surface area contributed by atoms with Crippen molar-refractivity contribution in [2.75, 3.05) is 5.32 Å². The van der Waals surface area contributed by atoms with Crippen molar-refractivity contribution in [2.45, 2.75) is 6.54 Å². The second-order valence-electron chi connectivity index (χ2n) is 4.45. The van der Waals surface area contributed by atoms with E-state index in [0.717, 1.165) is 5.56 Å². The highest BCUT2D eigenvalue weighted by atomic mass is 79.9. The lowest BCUT2D eigenvalue weighted by molar-refractivity contribution is 0.251. The highest BCUT2D eigenvalue weighted by molar-refractivity contribution is 9.10. The fourth-order valence-corrected chi connectivity index (χ4v) is 2.04. The average Bonchev–Trinajstić information content (AvgIpc) is 3.16. The Bertz CT molecular complexity index is 816. The molecule has 0 bridgehead atoms. The number of carbonyl (C=O) groups excluding carboxylic acids is 1. The van der Waals surface area contributed by atoms with Gasteiger partial charge < -0.3 is 14.2 Å². The van der Waals surface area contributed by atoms with Crippen LogP contribution < -0.4 is 10.6 Å². The number of halogens is 2. The van der Waals surface area contributed by atoms with Crippen LogP contribution >= 0.6 is 15.9 Å². The number of anilines is 1. The van der Waals surface area contributed by atoms with Gasteiger partial charge >= 0.3 is 12.0 Å². The Hall–Kier alpha value is -2.68. The van der Waals surface area contributed by atoms with Crippen molar-refractivity contribution in [3.05, 3.63) is 52.4 Å². The Morgan fingerprint density at radius 2 is 1.91 bits per heavy atom. The molecule has 0 spiro atoms. The van der Waals surface area contributed by atoms with Crippen molar-refractivity contribution < 1.29 is 18.0 Å². The first kappa shape index (κ1) is 15.2. The molecule has 1 aromatic carbocycles. The third kappa shape index (κ3) is 3.95. The summed E-state index contributed by atoms with van der Waals surface area (Å²) in [6.45, 7) is 0.234. The summed E-state index contributed by atoms with van der Waals surface area (Å²) in [7, 11) is 0. The second kappa shape index (κ2) is 6.61. The number of hydrogen-bond acceptors (Lipinski definition) is 5. The maximum Gasteiger partial charge on any atom is 0.324 e. The SMILES string of the molecule is O=C(NCc1ccc(F)cc1)Nc1nnc(-c2ccc(Br)o2)o1. The van der Waals surface area contributed by atoms with Crippen molar-refractivity contribution in [3.63, 3.8) is 0 Å². The lowest BCUT2D eigenvalue weighted by Gasteiger charge is -2.04. The maximum atomic E-state index is 12.8. The van der Waals surface area contributed by atoms with Crippen LogP contribution in [0.5, 0.6) is 0 Å². The molecule has 0 saturated carbocycles. The van der Waals surface area contributed by atoms with E-state index in [-0.39, 0.29) is 24.3 Å². The van der Waals surface area contributed by atoms with Crippen LogP contribution in [0.4, 0.5) is 15.2 Å². The number of aromatic nitrogens is 2. The van der Waals surface area contributed by atoms with E-state index in [9.17, 15) is 9.18 Å². The number of carbonyl (C=O) groups is 1. The van der Waals surface area contributed by atoms with Crippen molar-refractivity contribution >= 4 is 28.0 Å². The number of amides is 2. The first-order valence-electron chi connectivity index (χ1n) is 6.48. The molecular weight excluding hydrogens is 371 g/mol. The van der Waals surface area contributed by atoms with Gasteiger partial charge in [-0.25, -0.2) is 9.18 Å². The molecule has 0 unspecified atom stereocenters. The van der Waals surface area contributed by atoms with Gasteiger partial charge in [-0.1, -0.05) is 17.2 Å². The maximum absolute atomic E-state index is 12.8. The number of furan rings is 1. The Morgan fingerprint density at radius 1 is 1.13 bits per heavy atom. The van der Waals surface area contributed by atoms with Gasteiger partial charge in [-0.05, 0) is 45.8 Å². The van der Waals surface area contributed by atoms with E-state index in [2.05, 4.69) is 36.8 Å². The summed E-state index contributed by atoms with van der Waals surface area (Å²) in [6, 6.07) is 8.54. The number of nitrogens with one attached hydrogen (secondary N) is 2. The highest BCUT2D eigenvalue weighted by Gasteiger charge is 2.13. The van der Waals surface area contributed by atoms with Crippen LogP contribution in [0.15, 0.2) is 49.9 Å². The van der Waals surface area contributed by atoms with Crippen LogP contribution in [-0.4, -0.2) is 16.2 Å². The molecule has 0 atom stereocenters. The van der Waals surface area contributed by atoms with E-state index in [1.807, 2.05) is 0 Å². The first-order chi connectivity index (χ1) is 11.1. The Labute approximate surface area is 138 Å². The summed E-state index contributed by atoms with van der Waals surface area (Å²) >= 11 is 3.16. The number of urea groups is 1. The second-order valence-corrected chi connectivity index (χ2v) is 5.23. The lowest BCUT2D eigenvalue weighted by atomic mass is 10.2. The standard InChI is InChI=1S/C14H10BrFN4O3/c15-11-6-5-10(22-11)12-19-20-14(23-12)18-13(21)17-7-8-1-3-9(16)4-2-8/h1-6H,7H2,(H2,17,18,20,21). The summed E-state index contributed by atoms with van der Waals surface area (Å²) in [5.41, 5.74) is 0.758. The molecule has 3 rings (SSSR count). The molecule has 118 valence electrons. The molecule has 2 heterocycles. The van der Waals surface area contributed by atoms with E-state index in [0.29, 0.717) is 10.4 Å². The molecule has 9 heteroatoms. The van der Waals surface area contributed by atoms with E-state index in [1.165, 1.54) is 12.1 Å². The molecule has 0 aliphatic heterocycles. The molecule has 2 N–H and O–H groups in total. The zero-order valence-corrected chi connectivity index (χ0v) is 13.1. The van der Waals surface area contributed by atoms with Gasteiger partial charge in [0.15, 0.2) is 10.4 Å². The minimum Gasteiger partial charge on any atom is -0.444 e. The van der Waals surface area contributed by atoms with Crippen molar-refractivity contribution in [1.29, 1.82) is 0 Å². The topological polar surface area (TPSA) is 93.2 Å². The number of nitrogens with zero attached hydrogens (tertiary/aromatic N) is 2. The Balaban J connectivity index is 1.56. The normalized spacial score (nSPS) is 10.5. The van der Waals surface area contributed by atoms with Gasteiger partial charge in [0.05, 0.1) is 0 Å². The lowest BCUT2D eigenvalue weighted by Crippen LogP contribution is -2.28. The van der Waals surface area contributed by atoms with Crippen LogP contribution in [0, 0.1) is 5.82 Å². The summed E-state index contributed by atoms with van der Waals surface area (Å²) in [4.78, 5) is 11.7. The van der Waals surface area contributed by atoms with Crippen LogP contribution in [-0.2, 0) is 6.54 Å². The van der Waals surface area contributed by atoms with Crippen molar-refractivity contribution in [2.24, 2.45) is 0 Å². The van der Waals surface area contributed by atoms with Crippen LogP contribution in [0.2, 0.25) is 0 Å². The van der Waals surface area contributed by atoms with E-state index < -0.39 is 6.03 Å². The predicted octanol–water partition coefficient (Wildman–Crippen LogP) is 3.55. The first-order valence-corrected chi connectivity index (χ1v) is 7.28. The van der Waals surface area contributed by atoms with Crippen LogP contribution in [0.3, 0.4) is 0 Å². The summed E-state index contributed by atoms with van der Waals surface area (Å²) in [5, 5.41) is 12.5. The fraction of sp³-hybridized carbons (Fsp3) is 0.0714. The summed E-state index contributed by atoms with van der Waals surface area (Å²) in [6.07, 6.45) is 0. The summed E-state index contributed by atoms with van der Waals surface area (Å²) in [5.74, 6) is 0.190. The molecule has 0 aliphatic rings. The molecule has 0 fully saturated rings. The van der Waals surface area contributed by atoms with E-state index in [1.54, 1.807) is 24.3 Å². The third-order valence-corrected chi connectivity index (χ3v) is 3.22. The molecule has 23 heavy (non-hydrogen) atoms. The molecule has 0 saturated heterocycles. The number of rotatable bonds is 4. The van der Waals surface area contributed by atoms with Gasteiger partial charge in [0.1, 0.15) is 5.82 Å². The third-order valence-electron chi connectivity index (χ3n) is 2.80. The largest absolute Gasteiger partial charge is 0.444 e. The monoisotopic (exact) mass is 380 g/mol. The summed E-state index contributed by atoms with van der Waals surface area (Å²) < 4.78 is 23.8. The van der Waals surface area contributed by atoms with E-state index >= 15 is 0 Å². The van der Waals surface area contributed by atoms with E-state index in [4.69, 9.17) is 8.83 Å².